The van der Waals surface area contributed by atoms with Crippen molar-refractivity contribution in [1.82, 2.24) is 50.2 Å². The first kappa shape index (κ1) is 122. The lowest BCUT2D eigenvalue weighted by atomic mass is 9.83. The number of nitrogens with zero attached hydrogens (tertiary/aromatic N) is 8. The second-order valence-electron chi connectivity index (χ2n) is 47.0. The summed E-state index contributed by atoms with van der Waals surface area (Å²) in [7, 11) is 20.2. The average Bonchev–Trinajstić information content (AvgIpc) is 0.812. The predicted molar refractivity (Wildman–Crippen MR) is 631 cm³/mol. The van der Waals surface area contributed by atoms with Crippen LogP contribution in [0.4, 0.5) is 5.69 Å². The van der Waals surface area contributed by atoms with E-state index in [1.807, 2.05) is 74.8 Å². The minimum atomic E-state index is -0.0373. The van der Waals surface area contributed by atoms with Crippen LogP contribution in [-0.4, -0.2) is 219 Å². The van der Waals surface area contributed by atoms with Crippen LogP contribution in [0.15, 0.2) is 206 Å². The van der Waals surface area contributed by atoms with Crippen LogP contribution in [-0.2, 0) is 51.7 Å². The maximum absolute atomic E-state index is 13.3. The van der Waals surface area contributed by atoms with Gasteiger partial charge in [-0.25, -0.2) is 0 Å². The van der Waals surface area contributed by atoms with Gasteiger partial charge in [0.2, 0.25) is 0 Å². The van der Waals surface area contributed by atoms with E-state index in [4.69, 9.17) is 9.47 Å². The lowest BCUT2D eigenvalue weighted by molar-refractivity contribution is 0.0895. The number of carbonyl (C=O) groups is 3. The van der Waals surface area contributed by atoms with E-state index in [1.54, 1.807) is 14.2 Å². The predicted octanol–water partition coefficient (Wildman–Crippen LogP) is 27.9. The Labute approximate surface area is 900 Å². The van der Waals surface area contributed by atoms with E-state index in [2.05, 4.69) is 340 Å². The number of carbonyl (C=O) groups excluding carboxylic acids is 3. The molecule has 0 unspecified atom stereocenters. The van der Waals surface area contributed by atoms with Crippen LogP contribution in [0.3, 0.4) is 0 Å². The number of nitrogens with one attached hydrogen (secondary N) is 3. The van der Waals surface area contributed by atoms with Crippen molar-refractivity contribution < 1.29 is 23.9 Å². The van der Waals surface area contributed by atoms with Crippen molar-refractivity contribution in [1.29, 1.82) is 0 Å². The van der Waals surface area contributed by atoms with Crippen LogP contribution in [0, 0.1) is 53.3 Å². The van der Waals surface area contributed by atoms with Gasteiger partial charge in [-0.15, -0.1) is 0 Å². The smallest absolute Gasteiger partial charge is 0.251 e. The highest BCUT2D eigenvalue weighted by molar-refractivity contribution is 5.97. The summed E-state index contributed by atoms with van der Waals surface area (Å²) in [6, 6.07) is 73.2. The molecule has 9 aromatic carbocycles. The molecule has 4 aliphatic rings. The number of anilines is 1. The van der Waals surface area contributed by atoms with Crippen LogP contribution in [0.2, 0.25) is 0 Å². The zero-order valence-electron chi connectivity index (χ0n) is 96.8. The van der Waals surface area contributed by atoms with Crippen molar-refractivity contribution in [2.45, 2.75) is 289 Å². The molecule has 0 bridgehead atoms. The third-order valence-electron chi connectivity index (χ3n) is 29.7. The van der Waals surface area contributed by atoms with E-state index in [-0.39, 0.29) is 35.8 Å². The van der Waals surface area contributed by atoms with Crippen LogP contribution < -0.4 is 30.3 Å². The van der Waals surface area contributed by atoms with Crippen molar-refractivity contribution in [2.75, 3.05) is 154 Å². The van der Waals surface area contributed by atoms with Crippen molar-refractivity contribution >= 4 is 23.4 Å². The molecule has 3 N–H and O–H groups in total. The molecule has 0 spiro atoms. The fourth-order valence-corrected chi connectivity index (χ4v) is 22.3. The Hall–Kier alpha value is -9.49. The van der Waals surface area contributed by atoms with Crippen LogP contribution >= 0.6 is 0 Å². The second-order valence-corrected chi connectivity index (χ2v) is 47.0. The van der Waals surface area contributed by atoms with E-state index in [0.29, 0.717) is 46.6 Å². The van der Waals surface area contributed by atoms with Crippen molar-refractivity contribution in [3.8, 4) is 44.9 Å². The lowest BCUT2D eigenvalue weighted by Gasteiger charge is -2.32. The van der Waals surface area contributed by atoms with E-state index >= 15 is 0 Å². The van der Waals surface area contributed by atoms with E-state index in [9.17, 15) is 14.4 Å². The Bertz CT molecular complexity index is 5280. The summed E-state index contributed by atoms with van der Waals surface area (Å²) in [5, 5.41) is 9.91. The summed E-state index contributed by atoms with van der Waals surface area (Å²) in [6.45, 7) is 47.7. The quantitative estimate of drug-likeness (QED) is 0.0335. The molecule has 3 amide bonds. The monoisotopic (exact) mass is 2020 g/mol. The molecular formula is C132H199N11O5. The third kappa shape index (κ3) is 43.7. The fraction of sp³-hybridized carbons (Fsp3) is 0.568. The number of methoxy groups -OCH3 is 2. The third-order valence-corrected chi connectivity index (χ3v) is 29.7. The molecule has 0 aromatic heterocycles. The largest absolute Gasteiger partial charge is 0.496 e. The van der Waals surface area contributed by atoms with Gasteiger partial charge >= 0.3 is 0 Å². The number of amides is 3. The van der Waals surface area contributed by atoms with E-state index in [0.717, 1.165) is 160 Å². The van der Waals surface area contributed by atoms with Gasteiger partial charge in [0.05, 0.1) is 14.2 Å². The summed E-state index contributed by atoms with van der Waals surface area (Å²) in [6.07, 6.45) is 30.6. The minimum Gasteiger partial charge on any atom is -0.496 e. The van der Waals surface area contributed by atoms with Gasteiger partial charge in [-0.2, -0.15) is 0 Å². The summed E-state index contributed by atoms with van der Waals surface area (Å²) >= 11 is 0. The van der Waals surface area contributed by atoms with Gasteiger partial charge in [0.1, 0.15) is 11.5 Å². The Balaban J connectivity index is 0.000000206. The molecule has 1 aliphatic heterocycles. The topological polar surface area (TPSA) is 132 Å². The molecule has 0 radical (unpaired) electrons. The number of hydrogen-bond donors (Lipinski definition) is 3. The Morgan fingerprint density at radius 2 is 0.736 bits per heavy atom. The Morgan fingerprint density at radius 1 is 0.345 bits per heavy atom. The Morgan fingerprint density at radius 3 is 1.21 bits per heavy atom. The summed E-state index contributed by atoms with van der Waals surface area (Å²) in [4.78, 5) is 58.6. The van der Waals surface area contributed by atoms with Gasteiger partial charge in [-0.3, -0.25) is 24.2 Å². The van der Waals surface area contributed by atoms with Gasteiger partial charge in [-0.05, 0) is 315 Å². The molecule has 3 saturated carbocycles. The molecule has 4 fully saturated rings. The highest BCUT2D eigenvalue weighted by Crippen LogP contribution is 2.39. The molecule has 16 nitrogen and oxygen atoms in total. The molecule has 148 heavy (non-hydrogen) atoms. The van der Waals surface area contributed by atoms with Gasteiger partial charge in [0, 0.05) is 137 Å². The van der Waals surface area contributed by atoms with Crippen molar-refractivity contribution in [2.24, 2.45) is 53.3 Å². The molecule has 3 atom stereocenters. The number of benzene rings is 9. The number of para-hydroxylation sites is 3. The minimum absolute atomic E-state index is 0.0109. The first-order chi connectivity index (χ1) is 71.1. The molecule has 3 aliphatic carbocycles. The van der Waals surface area contributed by atoms with Crippen LogP contribution in [0.1, 0.15) is 295 Å². The second kappa shape index (κ2) is 65.7. The normalized spacial score (nSPS) is 15.0. The molecule has 9 aromatic rings. The molecule has 1 heterocycles. The van der Waals surface area contributed by atoms with Crippen LogP contribution in [0.25, 0.3) is 33.4 Å². The number of ether oxygens (including phenoxy) is 2. The maximum atomic E-state index is 13.3. The van der Waals surface area contributed by atoms with Gasteiger partial charge < -0.3 is 54.8 Å². The van der Waals surface area contributed by atoms with Gasteiger partial charge in [-0.1, -0.05) is 331 Å². The summed E-state index contributed by atoms with van der Waals surface area (Å²) in [5.41, 5.74) is 21.0. The summed E-state index contributed by atoms with van der Waals surface area (Å²) in [5.74, 6) is 7.55. The molecule has 1 saturated heterocycles. The standard InChI is InChI=1S/C29H42N2O2.C27H41N3.C27H38N2O.C25H36N2O2.C24H42N2/c1-21(2)17-24-14-10-16-27(28(24)33-5)23-13-9-15-25(19-23)29(32)30-26(20-31(3)4)18-22-11-7-6-8-12-22;1-23(2)19-24-11-10-12-25(20-24)21-29(18-17-28(3)4)22-26-13-6-7-14-27(26)30-15-8-5-9-16-30;1-20(2)16-21-10-8-13-23(17-21)24-14-9-15-25(18-24)27(30)28-26(19-29(3)4)22-11-6-5-7-12-22;1-17(2)14-20-11-9-13-22(24(20)29-7)19-10-8-12-21(15-19)25(28)26-23(18(3)4)16-27(5)6;1-5-25(6-2)15-16-26(19-22-11-8-7-9-12-22)20-24-14-10-13-23(18-24)17-21(3)4/h9-10,13-16,19,21-22,26H,6-8,11-12,17-18,20H2,1-5H3,(H,30,32);6-7,10-14,20,23H,5,8-9,15-19,21-22H2,1-4H3;8-10,13-15,17-18,20,22,26H,5-7,11-12,16,19H2,1-4H3,(H,28,30);8-13,15,17-18,23H,14,16H2,1-7H3,(H,26,28);10,13-14,18,21-22H,5-9,11-12,15-17,19-20H2,1-4H3/t26-;;26-;23-;/m1.10./s1. The van der Waals surface area contributed by atoms with Gasteiger partial charge in [0.15, 0.2) is 0 Å². The number of rotatable bonds is 48. The Kier molecular flexibility index (Phi) is 54.2. The molecule has 16 heteroatoms. The average molecular weight is 2020 g/mol. The fourth-order valence-electron chi connectivity index (χ4n) is 22.3. The van der Waals surface area contributed by atoms with E-state index < -0.39 is 0 Å². The van der Waals surface area contributed by atoms with Crippen LogP contribution in [0.5, 0.6) is 11.5 Å². The highest BCUT2D eigenvalue weighted by Gasteiger charge is 2.30. The number of piperidine rings is 1. The first-order valence-electron chi connectivity index (χ1n) is 57.5. The number of hydrogen-bond acceptors (Lipinski definition) is 13. The summed E-state index contributed by atoms with van der Waals surface area (Å²) < 4.78 is 11.6. The lowest BCUT2D eigenvalue weighted by Crippen LogP contribution is -2.47. The van der Waals surface area contributed by atoms with Crippen molar-refractivity contribution in [3.63, 3.8) is 0 Å². The highest BCUT2D eigenvalue weighted by atomic mass is 16.5. The molecular weight excluding hydrogens is 1820 g/mol. The van der Waals surface area contributed by atoms with E-state index in [1.165, 1.54) is 210 Å². The maximum Gasteiger partial charge on any atom is 0.251 e. The molecule has 812 valence electrons. The first-order valence-corrected chi connectivity index (χ1v) is 57.5. The number of likely N-dealkylation sites (N-methyl/N-ethyl adjacent to an activating group) is 5. The van der Waals surface area contributed by atoms with Crippen molar-refractivity contribution in [3.05, 3.63) is 267 Å². The molecule has 13 rings (SSSR count). The zero-order chi connectivity index (χ0) is 107. The zero-order valence-corrected chi connectivity index (χ0v) is 96.8. The van der Waals surface area contributed by atoms with Gasteiger partial charge in [0.25, 0.3) is 17.7 Å². The SMILES string of the molecule is CC(C)Cc1cccc(-c2cccc(C(=O)N[C@H](CN(C)C)C3CCCCC3)c2)c1.CC(C)Cc1cccc(CN(CCN(C)C)Cc2ccccc2N2CCCCC2)c1.CCN(CC)CCN(Cc1cccc(CC(C)C)c1)CC1CCCCC1.COc1c(CC(C)C)cccc1-c1cccc(C(=O)N[C@@H](CN(C)C)C(C)C)c1.COc1c(CC(C)C)cccc1-c1cccc(C(=O)N[C@H](CC2CCCCC2)CN(C)C)c1.